The molecule has 1 N–H and O–H groups in total. The maximum atomic E-state index is 13.7. The average Bonchev–Trinajstić information content (AvgIpc) is 3.50. The van der Waals surface area contributed by atoms with Crippen molar-refractivity contribution in [2.45, 2.75) is 167 Å². The van der Waals surface area contributed by atoms with Crippen molar-refractivity contribution in [3.63, 3.8) is 0 Å². The van der Waals surface area contributed by atoms with Crippen LogP contribution in [0.1, 0.15) is 128 Å². The Hall–Kier alpha value is -4.99. The highest BCUT2D eigenvalue weighted by Crippen LogP contribution is 2.36. The lowest BCUT2D eigenvalue weighted by Gasteiger charge is -2.45. The number of hydrogen-bond donors (Lipinski definition) is 1. The van der Waals surface area contributed by atoms with Crippen LogP contribution in [0.4, 0.5) is 0 Å². The highest BCUT2D eigenvalue weighted by Gasteiger charge is 2.56. The number of aryl methyl sites for hydroxylation is 3. The largest absolute Gasteiger partial charge is 0.481 e. The average molecular weight is 873 g/mol. The molecule has 0 saturated carbocycles. The van der Waals surface area contributed by atoms with Crippen molar-refractivity contribution in [3.8, 4) is 11.6 Å². The molecule has 1 fully saturated rings. The monoisotopic (exact) mass is 872 g/mol. The summed E-state index contributed by atoms with van der Waals surface area (Å²) in [6.45, 7) is 24.7. The quantitative estimate of drug-likeness (QED) is 0.108. The topological polar surface area (TPSA) is 205 Å². The van der Waals surface area contributed by atoms with Crippen molar-refractivity contribution in [2.75, 3.05) is 6.61 Å². The molecule has 0 spiro atoms. The molecule has 1 saturated heterocycles. The lowest BCUT2D eigenvalue weighted by atomic mass is 9.93. The Morgan fingerprint density at radius 1 is 0.645 bits per heavy atom. The first-order valence-electron chi connectivity index (χ1n) is 21.0. The summed E-state index contributed by atoms with van der Waals surface area (Å²) >= 11 is 0. The molecule has 62 heavy (non-hydrogen) atoms. The summed E-state index contributed by atoms with van der Waals surface area (Å²) in [5.41, 5.74) is -3.36. The predicted octanol–water partition coefficient (Wildman–Crippen LogP) is 7.05. The zero-order valence-corrected chi connectivity index (χ0v) is 39.2. The third kappa shape index (κ3) is 15.1. The molecule has 1 aromatic heterocycles. The third-order valence-corrected chi connectivity index (χ3v) is 9.38. The lowest BCUT2D eigenvalue weighted by molar-refractivity contribution is -0.294. The molecule has 0 bridgehead atoms. The van der Waals surface area contributed by atoms with Gasteiger partial charge in [-0.15, -0.1) is 5.10 Å². The van der Waals surface area contributed by atoms with Gasteiger partial charge in [-0.3, -0.25) is 33.4 Å². The van der Waals surface area contributed by atoms with Crippen LogP contribution in [-0.4, -0.2) is 88.0 Å². The van der Waals surface area contributed by atoms with Crippen LogP contribution < -0.4 is 9.47 Å². The number of carboxylic acid groups (broad SMARTS) is 1. The number of esters is 5. The first-order chi connectivity index (χ1) is 28.3. The van der Waals surface area contributed by atoms with Crippen molar-refractivity contribution >= 4 is 35.8 Å². The summed E-state index contributed by atoms with van der Waals surface area (Å²) in [6.07, 6.45) is -4.80. The fraction of sp³-hybridized carbons (Fsp3) is 0.674. The second kappa shape index (κ2) is 20.0. The Kier molecular flexibility index (Phi) is 16.6. The Morgan fingerprint density at radius 3 is 1.61 bits per heavy atom. The van der Waals surface area contributed by atoms with E-state index in [9.17, 15) is 33.9 Å². The van der Waals surface area contributed by atoms with E-state index < -0.39 is 94.2 Å². The number of carboxylic acids is 1. The highest BCUT2D eigenvalue weighted by atomic mass is 16.7. The summed E-state index contributed by atoms with van der Waals surface area (Å²) in [6, 6.07) is 7.05. The SMILES string of the molecule is CC(C)(C)C(=O)OC[C@H]1O[C@@H](Oc2nn(CCCC(=O)O)cc2CCc2ccc(OC(=O)C(C)(C)C)cc2)[C@H](OC(=O)C(C)(C)C)[C@@H](OC(=O)C(C)(C)C)[C@@H]1OC(=O)C(C)(C)C. The van der Waals surface area contributed by atoms with Crippen molar-refractivity contribution in [2.24, 2.45) is 27.1 Å². The van der Waals surface area contributed by atoms with Gasteiger partial charge in [-0.1, -0.05) is 12.1 Å². The third-order valence-electron chi connectivity index (χ3n) is 9.38. The van der Waals surface area contributed by atoms with Gasteiger partial charge in [-0.2, -0.15) is 0 Å². The number of aromatic nitrogens is 2. The normalized spacial score (nSPS) is 19.8. The minimum atomic E-state index is -1.58. The van der Waals surface area contributed by atoms with Gasteiger partial charge in [0, 0.05) is 24.7 Å². The van der Waals surface area contributed by atoms with Gasteiger partial charge in [-0.25, -0.2) is 0 Å². The van der Waals surface area contributed by atoms with Crippen molar-refractivity contribution in [1.29, 1.82) is 0 Å². The van der Waals surface area contributed by atoms with Crippen LogP contribution in [0.25, 0.3) is 0 Å². The first kappa shape index (κ1) is 51.4. The Labute approximate surface area is 365 Å². The van der Waals surface area contributed by atoms with E-state index in [1.165, 1.54) is 4.68 Å². The summed E-state index contributed by atoms with van der Waals surface area (Å²) in [5, 5.41) is 14.0. The van der Waals surface area contributed by atoms with Gasteiger partial charge in [0.1, 0.15) is 18.5 Å². The number of benzene rings is 1. The molecule has 16 nitrogen and oxygen atoms in total. The number of hydrogen-bond acceptors (Lipinski definition) is 14. The molecule has 0 unspecified atom stereocenters. The van der Waals surface area contributed by atoms with Crippen LogP contribution in [0.2, 0.25) is 0 Å². The van der Waals surface area contributed by atoms with Gasteiger partial charge < -0.3 is 38.3 Å². The zero-order valence-electron chi connectivity index (χ0n) is 39.2. The minimum absolute atomic E-state index is 0.0364. The summed E-state index contributed by atoms with van der Waals surface area (Å²) < 4.78 is 44.1. The number of aliphatic carboxylic acids is 1. The molecule has 0 amide bonds. The van der Waals surface area contributed by atoms with E-state index >= 15 is 0 Å². The number of carbonyl (C=O) groups excluding carboxylic acids is 5. The summed E-state index contributed by atoms with van der Waals surface area (Å²) in [5.74, 6) is -3.64. The molecular formula is C46H68N2O14. The van der Waals surface area contributed by atoms with Crippen LogP contribution in [0, 0.1) is 27.1 Å². The maximum absolute atomic E-state index is 13.7. The van der Waals surface area contributed by atoms with E-state index in [0.29, 0.717) is 24.2 Å². The molecule has 1 aliphatic heterocycles. The first-order valence-corrected chi connectivity index (χ1v) is 21.0. The molecule has 5 atom stereocenters. The van der Waals surface area contributed by atoms with E-state index in [1.54, 1.807) is 122 Å². The van der Waals surface area contributed by atoms with Gasteiger partial charge in [0.15, 0.2) is 12.2 Å². The van der Waals surface area contributed by atoms with Gasteiger partial charge in [-0.05, 0) is 141 Å². The number of carbonyl (C=O) groups is 6. The second-order valence-electron chi connectivity index (χ2n) is 20.9. The molecular weight excluding hydrogens is 805 g/mol. The molecule has 3 rings (SSSR count). The second-order valence-corrected chi connectivity index (χ2v) is 20.9. The molecule has 2 heterocycles. The Bertz CT molecular complexity index is 1900. The van der Waals surface area contributed by atoms with Crippen LogP contribution in [0.15, 0.2) is 30.5 Å². The van der Waals surface area contributed by atoms with Crippen molar-refractivity contribution in [3.05, 3.63) is 41.6 Å². The van der Waals surface area contributed by atoms with E-state index in [2.05, 4.69) is 5.10 Å². The molecule has 16 heteroatoms. The number of ether oxygens (including phenoxy) is 7. The van der Waals surface area contributed by atoms with E-state index in [4.69, 9.17) is 33.2 Å². The van der Waals surface area contributed by atoms with Gasteiger partial charge in [0.25, 0.3) is 0 Å². The van der Waals surface area contributed by atoms with Gasteiger partial charge in [0.05, 0.1) is 27.1 Å². The predicted molar refractivity (Wildman–Crippen MR) is 226 cm³/mol. The van der Waals surface area contributed by atoms with Gasteiger partial charge in [0.2, 0.25) is 18.3 Å². The highest BCUT2D eigenvalue weighted by molar-refractivity contribution is 5.79. The molecule has 0 aliphatic carbocycles. The summed E-state index contributed by atoms with van der Waals surface area (Å²) in [7, 11) is 0. The van der Waals surface area contributed by atoms with Gasteiger partial charge >= 0.3 is 35.8 Å². The summed E-state index contributed by atoms with van der Waals surface area (Å²) in [4.78, 5) is 78.0. The molecule has 346 valence electrons. The van der Waals surface area contributed by atoms with E-state index in [1.807, 2.05) is 12.1 Å². The van der Waals surface area contributed by atoms with Crippen LogP contribution in [0.3, 0.4) is 0 Å². The molecule has 1 aliphatic rings. The molecule has 2 aromatic rings. The fourth-order valence-corrected chi connectivity index (χ4v) is 5.38. The van der Waals surface area contributed by atoms with Crippen molar-refractivity contribution < 1.29 is 67.0 Å². The standard InChI is InChI=1S/C46H68N2O14/c1-42(2,3)37(51)56-26-30-32(59-39(53)44(7,8)9)33(60-40(54)45(10,11)12)34(61-41(55)46(13,14)15)36(58-30)62-35-28(25-48(47-35)24-16-17-31(49)50)21-18-27-19-22-29(23-20-27)57-38(52)43(4,5)6/h19-20,22-23,25,30,32-34,36H,16-18,21,24,26H2,1-15H3,(H,49,50)/t30-,32-,33+,34-,36+/m1/s1. The smallest absolute Gasteiger partial charge is 0.316 e. The molecule has 1 aromatic carbocycles. The number of nitrogens with zero attached hydrogens (tertiary/aromatic N) is 2. The zero-order chi connectivity index (χ0) is 47.2. The van der Waals surface area contributed by atoms with Crippen molar-refractivity contribution in [1.82, 2.24) is 9.78 Å². The fourth-order valence-electron chi connectivity index (χ4n) is 5.38. The van der Waals surface area contributed by atoms with Crippen LogP contribution in [-0.2, 0) is 71.8 Å². The minimum Gasteiger partial charge on any atom is -0.481 e. The van der Waals surface area contributed by atoms with E-state index in [-0.39, 0.29) is 31.2 Å². The van der Waals surface area contributed by atoms with E-state index in [0.717, 1.165) is 5.56 Å². The Morgan fingerprint density at radius 2 is 1.13 bits per heavy atom. The maximum Gasteiger partial charge on any atom is 0.316 e. The van der Waals surface area contributed by atoms with Crippen LogP contribution >= 0.6 is 0 Å². The lowest BCUT2D eigenvalue weighted by Crippen LogP contribution is -2.65. The van der Waals surface area contributed by atoms with Crippen LogP contribution in [0.5, 0.6) is 11.6 Å². The Balaban J connectivity index is 2.17. The number of rotatable bonds is 15. The molecule has 0 radical (unpaired) electrons.